The number of rotatable bonds is 4. The van der Waals surface area contributed by atoms with Crippen molar-refractivity contribution < 1.29 is 0 Å². The Kier molecular flexibility index (Phi) is 5.70. The number of hydrogen-bond donors (Lipinski definition) is 1. The lowest BCUT2D eigenvalue weighted by atomic mass is 9.99. The number of nitrogens with two attached hydrogens (primary N) is 1. The molecule has 2 rings (SSSR count). The van der Waals surface area contributed by atoms with Crippen LogP contribution in [0.25, 0.3) is 0 Å². The molecule has 0 aliphatic carbocycles. The molecule has 2 atom stereocenters. The Morgan fingerprint density at radius 2 is 2.32 bits per heavy atom. The predicted molar refractivity (Wildman–Crippen MR) is 85.5 cm³/mol. The Morgan fingerprint density at radius 1 is 1.53 bits per heavy atom. The molecule has 1 aromatic rings. The van der Waals surface area contributed by atoms with Gasteiger partial charge in [0.1, 0.15) is 0 Å². The predicted octanol–water partition coefficient (Wildman–Crippen LogP) is 4.22. The van der Waals surface area contributed by atoms with E-state index in [0.717, 1.165) is 33.9 Å². The molecule has 4 heteroatoms. The van der Waals surface area contributed by atoms with E-state index in [1.54, 1.807) is 0 Å². The van der Waals surface area contributed by atoms with Crippen molar-refractivity contribution in [2.24, 2.45) is 11.7 Å². The molecule has 1 aromatic carbocycles. The third kappa shape index (κ3) is 4.45. The Bertz CT molecular complexity index is 425. The summed E-state index contributed by atoms with van der Waals surface area (Å²) in [4.78, 5) is 2.53. The monoisotopic (exact) mass is 344 g/mol. The maximum absolute atomic E-state index is 6.27. The van der Waals surface area contributed by atoms with Gasteiger partial charge in [-0.1, -0.05) is 40.5 Å². The van der Waals surface area contributed by atoms with E-state index in [1.807, 2.05) is 18.2 Å². The standard InChI is InChI=1S/C15H22BrClN2/c1-11-3-2-7-19(10-11)8-6-15(18)13-5-4-12(16)9-14(13)17/h4-5,9,11,15H,2-3,6-8,10,18H2,1H3. The molecule has 1 aliphatic rings. The highest BCUT2D eigenvalue weighted by Crippen LogP contribution is 2.27. The number of benzene rings is 1. The first-order valence-corrected chi connectivity index (χ1v) is 8.16. The summed E-state index contributed by atoms with van der Waals surface area (Å²) in [5, 5.41) is 0.758. The molecule has 1 aliphatic heterocycles. The summed E-state index contributed by atoms with van der Waals surface area (Å²) in [5.41, 5.74) is 7.32. The highest BCUT2D eigenvalue weighted by Gasteiger charge is 2.18. The average molecular weight is 346 g/mol. The summed E-state index contributed by atoms with van der Waals surface area (Å²) in [6, 6.07) is 5.97. The summed E-state index contributed by atoms with van der Waals surface area (Å²) in [7, 11) is 0. The molecule has 106 valence electrons. The van der Waals surface area contributed by atoms with Crippen molar-refractivity contribution in [3.8, 4) is 0 Å². The molecule has 2 N–H and O–H groups in total. The molecule has 0 amide bonds. The van der Waals surface area contributed by atoms with Gasteiger partial charge in [-0.3, -0.25) is 0 Å². The van der Waals surface area contributed by atoms with Crippen LogP contribution < -0.4 is 5.73 Å². The van der Waals surface area contributed by atoms with Gasteiger partial charge in [0, 0.05) is 22.1 Å². The minimum Gasteiger partial charge on any atom is -0.324 e. The molecule has 1 saturated heterocycles. The van der Waals surface area contributed by atoms with Crippen molar-refractivity contribution in [1.82, 2.24) is 4.90 Å². The van der Waals surface area contributed by atoms with Crippen molar-refractivity contribution in [3.63, 3.8) is 0 Å². The molecule has 0 bridgehead atoms. The van der Waals surface area contributed by atoms with Crippen LogP contribution >= 0.6 is 27.5 Å². The third-order valence-electron chi connectivity index (χ3n) is 3.86. The number of likely N-dealkylation sites (tertiary alicyclic amines) is 1. The molecule has 1 fully saturated rings. The molecule has 0 aromatic heterocycles. The largest absolute Gasteiger partial charge is 0.324 e. The van der Waals surface area contributed by atoms with Gasteiger partial charge in [-0.2, -0.15) is 0 Å². The van der Waals surface area contributed by atoms with Gasteiger partial charge in [-0.05, 0) is 56.0 Å². The van der Waals surface area contributed by atoms with Gasteiger partial charge < -0.3 is 10.6 Å². The maximum Gasteiger partial charge on any atom is 0.0464 e. The van der Waals surface area contributed by atoms with Crippen LogP contribution in [0, 0.1) is 5.92 Å². The van der Waals surface area contributed by atoms with E-state index >= 15 is 0 Å². The van der Waals surface area contributed by atoms with Gasteiger partial charge in [0.05, 0.1) is 0 Å². The molecule has 0 saturated carbocycles. The third-order valence-corrected chi connectivity index (χ3v) is 4.68. The first-order valence-electron chi connectivity index (χ1n) is 6.99. The minimum absolute atomic E-state index is 0.0258. The Hall–Kier alpha value is -0.0900. The second-order valence-corrected chi connectivity index (χ2v) is 6.93. The second kappa shape index (κ2) is 7.07. The molecule has 1 heterocycles. The van der Waals surface area contributed by atoms with Crippen molar-refractivity contribution in [3.05, 3.63) is 33.3 Å². The molecule has 2 nitrogen and oxygen atoms in total. The fourth-order valence-electron chi connectivity index (χ4n) is 2.77. The normalized spacial score (nSPS) is 22.4. The van der Waals surface area contributed by atoms with Gasteiger partial charge in [0.25, 0.3) is 0 Å². The van der Waals surface area contributed by atoms with Crippen LogP contribution in [-0.2, 0) is 0 Å². The Labute approximate surface area is 129 Å². The number of piperidine rings is 1. The molecule has 0 radical (unpaired) electrons. The van der Waals surface area contributed by atoms with Gasteiger partial charge in [-0.15, -0.1) is 0 Å². The molecule has 2 unspecified atom stereocenters. The van der Waals surface area contributed by atoms with Crippen LogP contribution in [0.4, 0.5) is 0 Å². The lowest BCUT2D eigenvalue weighted by Crippen LogP contribution is -2.36. The molecular weight excluding hydrogens is 324 g/mol. The second-order valence-electron chi connectivity index (χ2n) is 5.61. The van der Waals surface area contributed by atoms with E-state index in [9.17, 15) is 0 Å². The summed E-state index contributed by atoms with van der Waals surface area (Å²) >= 11 is 9.67. The number of hydrogen-bond acceptors (Lipinski definition) is 2. The molecular formula is C15H22BrClN2. The van der Waals surface area contributed by atoms with Crippen molar-refractivity contribution in [1.29, 1.82) is 0 Å². The summed E-state index contributed by atoms with van der Waals surface area (Å²) in [6.07, 6.45) is 3.64. The minimum atomic E-state index is 0.0258. The highest BCUT2D eigenvalue weighted by atomic mass is 79.9. The fraction of sp³-hybridized carbons (Fsp3) is 0.600. The maximum atomic E-state index is 6.27. The van der Waals surface area contributed by atoms with E-state index in [2.05, 4.69) is 27.8 Å². The van der Waals surface area contributed by atoms with Crippen molar-refractivity contribution in [2.75, 3.05) is 19.6 Å². The Balaban J connectivity index is 1.88. The number of nitrogens with zero attached hydrogens (tertiary/aromatic N) is 1. The summed E-state index contributed by atoms with van der Waals surface area (Å²) < 4.78 is 0.998. The van der Waals surface area contributed by atoms with Crippen LogP contribution in [-0.4, -0.2) is 24.5 Å². The van der Waals surface area contributed by atoms with E-state index in [-0.39, 0.29) is 6.04 Å². The van der Waals surface area contributed by atoms with Gasteiger partial charge in [0.15, 0.2) is 0 Å². The first-order chi connectivity index (χ1) is 9.06. The molecule has 19 heavy (non-hydrogen) atoms. The highest BCUT2D eigenvalue weighted by molar-refractivity contribution is 9.10. The lowest BCUT2D eigenvalue weighted by molar-refractivity contribution is 0.178. The molecule has 0 spiro atoms. The van der Waals surface area contributed by atoms with Gasteiger partial charge in [0.2, 0.25) is 0 Å². The van der Waals surface area contributed by atoms with Gasteiger partial charge >= 0.3 is 0 Å². The lowest BCUT2D eigenvalue weighted by Gasteiger charge is -2.31. The summed E-state index contributed by atoms with van der Waals surface area (Å²) in [5.74, 6) is 0.821. The fourth-order valence-corrected chi connectivity index (χ4v) is 3.58. The number of halogens is 2. The zero-order valence-corrected chi connectivity index (χ0v) is 13.8. The van der Waals surface area contributed by atoms with E-state index in [4.69, 9.17) is 17.3 Å². The zero-order chi connectivity index (χ0) is 13.8. The SMILES string of the molecule is CC1CCCN(CCC(N)c2ccc(Br)cc2Cl)C1. The van der Waals surface area contributed by atoms with Crippen LogP contribution in [0.1, 0.15) is 37.8 Å². The van der Waals surface area contributed by atoms with Crippen LogP contribution in [0.5, 0.6) is 0 Å². The van der Waals surface area contributed by atoms with Crippen LogP contribution in [0.2, 0.25) is 5.02 Å². The quantitative estimate of drug-likeness (QED) is 0.885. The Morgan fingerprint density at radius 3 is 3.00 bits per heavy atom. The first kappa shape index (κ1) is 15.3. The van der Waals surface area contributed by atoms with Crippen LogP contribution in [0.15, 0.2) is 22.7 Å². The van der Waals surface area contributed by atoms with Crippen molar-refractivity contribution >= 4 is 27.5 Å². The van der Waals surface area contributed by atoms with Crippen LogP contribution in [0.3, 0.4) is 0 Å². The van der Waals surface area contributed by atoms with E-state index in [0.29, 0.717) is 0 Å². The summed E-state index contributed by atoms with van der Waals surface area (Å²) in [6.45, 7) is 5.82. The van der Waals surface area contributed by atoms with E-state index < -0.39 is 0 Å². The van der Waals surface area contributed by atoms with Gasteiger partial charge in [-0.25, -0.2) is 0 Å². The zero-order valence-electron chi connectivity index (χ0n) is 11.4. The van der Waals surface area contributed by atoms with E-state index in [1.165, 1.54) is 25.9 Å². The topological polar surface area (TPSA) is 29.3 Å². The average Bonchev–Trinajstić information content (AvgIpc) is 2.36. The van der Waals surface area contributed by atoms with Crippen molar-refractivity contribution in [2.45, 2.75) is 32.2 Å². The smallest absolute Gasteiger partial charge is 0.0464 e.